The highest BCUT2D eigenvalue weighted by atomic mass is 32.1. The Balaban J connectivity index is 2.83. The van der Waals surface area contributed by atoms with Crippen LogP contribution >= 0.6 is 12.6 Å². The van der Waals surface area contributed by atoms with Crippen LogP contribution in [0.4, 0.5) is 0 Å². The Morgan fingerprint density at radius 1 is 2.00 bits per heavy atom. The van der Waals surface area contributed by atoms with E-state index in [-0.39, 0.29) is 0 Å². The van der Waals surface area contributed by atoms with Gasteiger partial charge < -0.3 is 5.11 Å². The van der Waals surface area contributed by atoms with Crippen molar-refractivity contribution in [2.75, 3.05) is 5.75 Å². The summed E-state index contributed by atoms with van der Waals surface area (Å²) in [5.74, 6) is -0.611. The highest BCUT2D eigenvalue weighted by Gasteiger charge is 1.89. The Bertz CT molecular complexity index is 52.8. The first-order valence-electron chi connectivity index (χ1n) is 1.44. The summed E-state index contributed by atoms with van der Waals surface area (Å²) in [7, 11) is 0. The average molecular weight is 105 g/mol. The molecule has 0 aliphatic heterocycles. The van der Waals surface area contributed by atoms with Crippen molar-refractivity contribution in [2.24, 2.45) is 0 Å². The molecule has 0 aromatic rings. The summed E-state index contributed by atoms with van der Waals surface area (Å²) in [6.45, 7) is 0. The maximum atomic E-state index is 9.49. The zero-order valence-corrected chi connectivity index (χ0v) is 3.98. The first-order valence-corrected chi connectivity index (χ1v) is 2.07. The quantitative estimate of drug-likeness (QED) is 0.492. The number of carbonyl (C=O) groups is 1. The van der Waals surface area contributed by atoms with Crippen LogP contribution in [0, 0.1) is 6.42 Å². The van der Waals surface area contributed by atoms with Crippen LogP contribution in [0.2, 0.25) is 0 Å². The van der Waals surface area contributed by atoms with Gasteiger partial charge in [0.1, 0.15) is 0 Å². The standard InChI is InChI=1S/C3H5O2S/c4-3(5)1-2-6/h1,6H,2H2,(H,4,5). The van der Waals surface area contributed by atoms with Crippen molar-refractivity contribution in [1.82, 2.24) is 0 Å². The molecule has 0 rings (SSSR count). The molecule has 0 spiro atoms. The molecule has 0 atom stereocenters. The van der Waals surface area contributed by atoms with Crippen molar-refractivity contribution in [1.29, 1.82) is 0 Å². The fourth-order valence-electron chi connectivity index (χ4n) is 0.0781. The molecule has 6 heavy (non-hydrogen) atoms. The minimum Gasteiger partial charge on any atom is -0.481 e. The van der Waals surface area contributed by atoms with Crippen molar-refractivity contribution < 1.29 is 9.90 Å². The van der Waals surface area contributed by atoms with Crippen LogP contribution in [0.15, 0.2) is 0 Å². The van der Waals surface area contributed by atoms with E-state index in [1.807, 2.05) is 0 Å². The van der Waals surface area contributed by atoms with E-state index in [2.05, 4.69) is 12.6 Å². The molecular formula is C3H5O2S. The smallest absolute Gasteiger partial charge is 0.308 e. The summed E-state index contributed by atoms with van der Waals surface area (Å²) in [6, 6.07) is 0. The Hall–Kier alpha value is -0.180. The molecule has 0 heterocycles. The van der Waals surface area contributed by atoms with Gasteiger partial charge in [-0.1, -0.05) is 0 Å². The predicted octanol–water partition coefficient (Wildman–Crippen LogP) is 0.205. The van der Waals surface area contributed by atoms with Gasteiger partial charge in [-0.25, -0.2) is 0 Å². The molecule has 1 radical (unpaired) electrons. The molecule has 2 nitrogen and oxygen atoms in total. The number of carboxylic acids is 1. The summed E-state index contributed by atoms with van der Waals surface area (Å²) in [4.78, 5) is 9.49. The topological polar surface area (TPSA) is 37.3 Å². The molecular weight excluding hydrogens is 100 g/mol. The molecule has 35 valence electrons. The van der Waals surface area contributed by atoms with Gasteiger partial charge in [0.15, 0.2) is 0 Å². The molecule has 0 aromatic heterocycles. The van der Waals surface area contributed by atoms with Crippen LogP contribution in [-0.4, -0.2) is 16.8 Å². The van der Waals surface area contributed by atoms with E-state index in [9.17, 15) is 4.79 Å². The molecule has 0 saturated heterocycles. The second-order valence-electron chi connectivity index (χ2n) is 0.725. The van der Waals surface area contributed by atoms with Gasteiger partial charge in [-0.3, -0.25) is 4.79 Å². The lowest BCUT2D eigenvalue weighted by Gasteiger charge is -1.78. The van der Waals surface area contributed by atoms with Gasteiger partial charge in [0.25, 0.3) is 0 Å². The molecule has 0 fully saturated rings. The number of aliphatic carboxylic acids is 1. The zero-order valence-electron chi connectivity index (χ0n) is 3.09. The van der Waals surface area contributed by atoms with Crippen LogP contribution in [0.1, 0.15) is 0 Å². The van der Waals surface area contributed by atoms with E-state index in [0.29, 0.717) is 5.75 Å². The molecule has 0 saturated carbocycles. The minimum atomic E-state index is -0.912. The summed E-state index contributed by atoms with van der Waals surface area (Å²) < 4.78 is 0. The molecule has 0 bridgehead atoms. The van der Waals surface area contributed by atoms with Crippen molar-refractivity contribution in [2.45, 2.75) is 0 Å². The fourth-order valence-corrected chi connectivity index (χ4v) is 0.234. The number of hydrogen-bond donors (Lipinski definition) is 2. The number of rotatable bonds is 2. The van der Waals surface area contributed by atoms with Crippen LogP contribution in [0.5, 0.6) is 0 Å². The Morgan fingerprint density at radius 2 is 2.50 bits per heavy atom. The van der Waals surface area contributed by atoms with Crippen LogP contribution in [0.3, 0.4) is 0 Å². The van der Waals surface area contributed by atoms with E-state index in [4.69, 9.17) is 5.11 Å². The molecule has 3 heteroatoms. The van der Waals surface area contributed by atoms with Crippen molar-refractivity contribution >= 4 is 18.6 Å². The van der Waals surface area contributed by atoms with E-state index in [0.717, 1.165) is 6.42 Å². The predicted molar refractivity (Wildman–Crippen MR) is 25.8 cm³/mol. The van der Waals surface area contributed by atoms with Gasteiger partial charge in [0.2, 0.25) is 0 Å². The van der Waals surface area contributed by atoms with Crippen molar-refractivity contribution in [3.63, 3.8) is 0 Å². The Morgan fingerprint density at radius 3 is 2.50 bits per heavy atom. The highest BCUT2D eigenvalue weighted by Crippen LogP contribution is 1.77. The zero-order chi connectivity index (χ0) is 4.99. The van der Waals surface area contributed by atoms with Crippen molar-refractivity contribution in [3.8, 4) is 0 Å². The summed E-state index contributed by atoms with van der Waals surface area (Å²) in [6.07, 6.45) is 1.07. The average Bonchev–Trinajstić information content (AvgIpc) is 1.35. The third-order valence-corrected chi connectivity index (χ3v) is 0.448. The maximum absolute atomic E-state index is 9.49. The van der Waals surface area contributed by atoms with E-state index < -0.39 is 5.97 Å². The lowest BCUT2D eigenvalue weighted by Crippen LogP contribution is -1.94. The Kier molecular flexibility index (Phi) is 2.94. The van der Waals surface area contributed by atoms with Gasteiger partial charge in [-0.05, 0) is 0 Å². The van der Waals surface area contributed by atoms with E-state index in [1.165, 1.54) is 0 Å². The summed E-state index contributed by atoms with van der Waals surface area (Å²) >= 11 is 3.62. The first kappa shape index (κ1) is 5.82. The first-order chi connectivity index (χ1) is 2.77. The van der Waals surface area contributed by atoms with Crippen molar-refractivity contribution in [3.05, 3.63) is 6.42 Å². The number of carboxylic acid groups (broad SMARTS) is 1. The lowest BCUT2D eigenvalue weighted by molar-refractivity contribution is -0.132. The highest BCUT2D eigenvalue weighted by molar-refractivity contribution is 7.80. The third kappa shape index (κ3) is 3.82. The van der Waals surface area contributed by atoms with E-state index >= 15 is 0 Å². The van der Waals surface area contributed by atoms with Crippen LogP contribution < -0.4 is 0 Å². The van der Waals surface area contributed by atoms with Crippen LogP contribution in [-0.2, 0) is 4.79 Å². The fraction of sp³-hybridized carbons (Fsp3) is 0.333. The SMILES string of the molecule is O=C(O)[CH]CS. The van der Waals surface area contributed by atoms with Gasteiger partial charge in [0.05, 0.1) is 6.42 Å². The molecule has 0 unspecified atom stereocenters. The van der Waals surface area contributed by atoms with Gasteiger partial charge >= 0.3 is 5.97 Å². The normalized spacial score (nSPS) is 8.17. The second kappa shape index (κ2) is 3.03. The van der Waals surface area contributed by atoms with Gasteiger partial charge in [-0.15, -0.1) is 0 Å². The maximum Gasteiger partial charge on any atom is 0.308 e. The van der Waals surface area contributed by atoms with Gasteiger partial charge in [-0.2, -0.15) is 12.6 Å². The minimum absolute atomic E-state index is 0.301. The van der Waals surface area contributed by atoms with Crippen LogP contribution in [0.25, 0.3) is 0 Å². The van der Waals surface area contributed by atoms with E-state index in [1.54, 1.807) is 0 Å². The molecule has 1 N–H and O–H groups in total. The number of hydrogen-bond acceptors (Lipinski definition) is 2. The Labute approximate surface area is 41.6 Å². The molecule has 0 amide bonds. The monoisotopic (exact) mass is 105 g/mol. The number of thiol groups is 1. The molecule has 0 aliphatic rings. The molecule has 0 aromatic carbocycles. The van der Waals surface area contributed by atoms with Gasteiger partial charge in [0, 0.05) is 5.75 Å². The lowest BCUT2D eigenvalue weighted by atomic mass is 10.5. The largest absolute Gasteiger partial charge is 0.481 e. The second-order valence-corrected chi connectivity index (χ2v) is 1.09. The third-order valence-electron chi connectivity index (χ3n) is 0.266. The summed E-state index contributed by atoms with van der Waals surface area (Å²) in [5.41, 5.74) is 0. The molecule has 0 aliphatic carbocycles. The summed E-state index contributed by atoms with van der Waals surface area (Å²) in [5, 5.41) is 7.81.